The smallest absolute Gasteiger partial charge is 0.136 e. The first-order valence-corrected chi connectivity index (χ1v) is 7.62. The van der Waals surface area contributed by atoms with E-state index in [2.05, 4.69) is 0 Å². The maximum Gasteiger partial charge on any atom is 0.136 e. The number of hydrogen-bond acceptors (Lipinski definition) is 3. The number of carbonyl (C=O) groups excluding carboxylic acids is 1. The van der Waals surface area contributed by atoms with Crippen molar-refractivity contribution in [1.82, 2.24) is 0 Å². The predicted molar refractivity (Wildman–Crippen MR) is 72.4 cm³/mol. The molecule has 2 rings (SSSR count). The molecular formula is C15H27NO2. The SMILES string of the molecule is NCCCCCC(=O)C1CCOC2(CCCC2)C1. The molecule has 0 amide bonds. The predicted octanol–water partition coefficient (Wildman–Crippen LogP) is 2.81. The fourth-order valence-electron chi connectivity index (χ4n) is 3.49. The summed E-state index contributed by atoms with van der Waals surface area (Å²) in [4.78, 5) is 12.2. The number of ketones is 1. The van der Waals surface area contributed by atoms with Gasteiger partial charge in [-0.2, -0.15) is 0 Å². The average molecular weight is 253 g/mol. The summed E-state index contributed by atoms with van der Waals surface area (Å²) < 4.78 is 5.98. The Morgan fingerprint density at radius 1 is 1.22 bits per heavy atom. The van der Waals surface area contributed by atoms with Gasteiger partial charge in [0, 0.05) is 18.9 Å². The first-order valence-electron chi connectivity index (χ1n) is 7.62. The van der Waals surface area contributed by atoms with Crippen LogP contribution in [-0.2, 0) is 9.53 Å². The minimum absolute atomic E-state index is 0.0792. The second-order valence-corrected chi connectivity index (χ2v) is 5.99. The van der Waals surface area contributed by atoms with Crippen molar-refractivity contribution in [2.24, 2.45) is 11.7 Å². The molecule has 1 heterocycles. The van der Waals surface area contributed by atoms with Crippen molar-refractivity contribution in [2.75, 3.05) is 13.2 Å². The fraction of sp³-hybridized carbons (Fsp3) is 0.933. The molecule has 2 fully saturated rings. The van der Waals surface area contributed by atoms with Gasteiger partial charge >= 0.3 is 0 Å². The van der Waals surface area contributed by atoms with E-state index in [-0.39, 0.29) is 11.5 Å². The third-order valence-electron chi connectivity index (χ3n) is 4.59. The molecule has 3 nitrogen and oxygen atoms in total. The molecule has 1 saturated carbocycles. The van der Waals surface area contributed by atoms with Crippen molar-refractivity contribution in [1.29, 1.82) is 0 Å². The molecule has 0 aromatic carbocycles. The van der Waals surface area contributed by atoms with Crippen molar-refractivity contribution in [2.45, 2.75) is 69.8 Å². The molecule has 0 aromatic heterocycles. The normalized spacial score (nSPS) is 26.6. The Balaban J connectivity index is 1.75. The number of nitrogens with two attached hydrogens (primary N) is 1. The van der Waals surface area contributed by atoms with Gasteiger partial charge in [-0.05, 0) is 45.1 Å². The summed E-state index contributed by atoms with van der Waals surface area (Å²) in [5, 5.41) is 0. The van der Waals surface area contributed by atoms with E-state index in [1.54, 1.807) is 0 Å². The molecule has 0 radical (unpaired) electrons. The number of carbonyl (C=O) groups is 1. The van der Waals surface area contributed by atoms with Crippen LogP contribution in [0.5, 0.6) is 0 Å². The third-order valence-corrected chi connectivity index (χ3v) is 4.59. The van der Waals surface area contributed by atoms with Crippen LogP contribution >= 0.6 is 0 Å². The van der Waals surface area contributed by atoms with Gasteiger partial charge in [0.05, 0.1) is 5.60 Å². The van der Waals surface area contributed by atoms with Gasteiger partial charge in [-0.3, -0.25) is 4.79 Å². The van der Waals surface area contributed by atoms with Gasteiger partial charge in [0.2, 0.25) is 0 Å². The molecule has 0 aromatic rings. The molecule has 1 aliphatic heterocycles. The second kappa shape index (κ2) is 6.67. The van der Waals surface area contributed by atoms with Crippen LogP contribution in [0, 0.1) is 5.92 Å². The minimum Gasteiger partial charge on any atom is -0.375 e. The molecule has 2 aliphatic rings. The van der Waals surface area contributed by atoms with Gasteiger partial charge in [-0.25, -0.2) is 0 Å². The van der Waals surface area contributed by atoms with E-state index in [0.29, 0.717) is 5.78 Å². The summed E-state index contributed by atoms with van der Waals surface area (Å²) in [6.07, 6.45) is 10.7. The summed E-state index contributed by atoms with van der Waals surface area (Å²) in [6.45, 7) is 1.54. The van der Waals surface area contributed by atoms with Crippen LogP contribution in [0.2, 0.25) is 0 Å². The lowest BCUT2D eigenvalue weighted by molar-refractivity contribution is -0.136. The molecule has 1 unspecified atom stereocenters. The van der Waals surface area contributed by atoms with Gasteiger partial charge in [-0.1, -0.05) is 19.3 Å². The third kappa shape index (κ3) is 3.55. The number of hydrogen-bond donors (Lipinski definition) is 1. The van der Waals surface area contributed by atoms with Crippen molar-refractivity contribution >= 4 is 5.78 Å². The molecule has 1 atom stereocenters. The summed E-state index contributed by atoms with van der Waals surface area (Å²) in [6, 6.07) is 0. The van der Waals surface area contributed by atoms with E-state index in [4.69, 9.17) is 10.5 Å². The summed E-state index contributed by atoms with van der Waals surface area (Å²) in [5.41, 5.74) is 5.54. The fourth-order valence-corrected chi connectivity index (χ4v) is 3.49. The monoisotopic (exact) mass is 253 g/mol. The van der Waals surface area contributed by atoms with Crippen LogP contribution in [-0.4, -0.2) is 24.5 Å². The van der Waals surface area contributed by atoms with E-state index < -0.39 is 0 Å². The van der Waals surface area contributed by atoms with Crippen LogP contribution in [0.15, 0.2) is 0 Å². The first-order chi connectivity index (χ1) is 8.76. The lowest BCUT2D eigenvalue weighted by Crippen LogP contribution is -2.39. The molecule has 104 valence electrons. The Hall–Kier alpha value is -0.410. The van der Waals surface area contributed by atoms with Gasteiger partial charge in [0.25, 0.3) is 0 Å². The lowest BCUT2D eigenvalue weighted by atomic mass is 9.81. The van der Waals surface area contributed by atoms with Crippen molar-refractivity contribution in [3.8, 4) is 0 Å². The molecule has 1 spiro atoms. The zero-order valence-electron chi connectivity index (χ0n) is 11.5. The Morgan fingerprint density at radius 3 is 2.72 bits per heavy atom. The van der Waals surface area contributed by atoms with Gasteiger partial charge < -0.3 is 10.5 Å². The molecular weight excluding hydrogens is 226 g/mol. The molecule has 0 bridgehead atoms. The number of rotatable bonds is 6. The van der Waals surface area contributed by atoms with Crippen LogP contribution in [0.4, 0.5) is 0 Å². The number of unbranched alkanes of at least 4 members (excludes halogenated alkanes) is 2. The minimum atomic E-state index is 0.0792. The first kappa shape index (κ1) is 14.0. The van der Waals surface area contributed by atoms with Gasteiger partial charge in [0.15, 0.2) is 0 Å². The van der Waals surface area contributed by atoms with Crippen LogP contribution in [0.1, 0.15) is 64.2 Å². The van der Waals surface area contributed by atoms with E-state index >= 15 is 0 Å². The van der Waals surface area contributed by atoms with E-state index in [0.717, 1.165) is 51.7 Å². The maximum absolute atomic E-state index is 12.2. The lowest BCUT2D eigenvalue weighted by Gasteiger charge is -2.37. The van der Waals surface area contributed by atoms with Crippen LogP contribution < -0.4 is 5.73 Å². The standard InChI is InChI=1S/C15H27NO2/c16-10-5-1-2-6-14(17)13-7-11-18-15(12-13)8-3-4-9-15/h13H,1-12,16H2. The summed E-state index contributed by atoms with van der Waals surface area (Å²) in [5.74, 6) is 0.747. The van der Waals surface area contributed by atoms with E-state index in [1.807, 2.05) is 0 Å². The topological polar surface area (TPSA) is 52.3 Å². The highest BCUT2D eigenvalue weighted by atomic mass is 16.5. The van der Waals surface area contributed by atoms with E-state index in [9.17, 15) is 4.79 Å². The largest absolute Gasteiger partial charge is 0.375 e. The number of Topliss-reactive ketones (excluding diaryl/α,β-unsaturated/α-hetero) is 1. The van der Waals surface area contributed by atoms with Gasteiger partial charge in [0.1, 0.15) is 5.78 Å². The summed E-state index contributed by atoms with van der Waals surface area (Å²) in [7, 11) is 0. The maximum atomic E-state index is 12.2. The van der Waals surface area contributed by atoms with Crippen molar-refractivity contribution in [3.63, 3.8) is 0 Å². The quantitative estimate of drug-likeness (QED) is 0.741. The molecule has 1 aliphatic carbocycles. The average Bonchev–Trinajstić information content (AvgIpc) is 2.82. The summed E-state index contributed by atoms with van der Waals surface area (Å²) >= 11 is 0. The Labute approximate surface area is 110 Å². The van der Waals surface area contributed by atoms with E-state index in [1.165, 1.54) is 25.7 Å². The Morgan fingerprint density at radius 2 is 2.00 bits per heavy atom. The highest BCUT2D eigenvalue weighted by Gasteiger charge is 2.41. The van der Waals surface area contributed by atoms with Crippen LogP contribution in [0.3, 0.4) is 0 Å². The Bertz CT molecular complexity index is 272. The highest BCUT2D eigenvalue weighted by Crippen LogP contribution is 2.42. The van der Waals surface area contributed by atoms with Gasteiger partial charge in [-0.15, -0.1) is 0 Å². The number of ether oxygens (including phenoxy) is 1. The second-order valence-electron chi connectivity index (χ2n) is 5.99. The highest BCUT2D eigenvalue weighted by molar-refractivity contribution is 5.81. The molecule has 1 saturated heterocycles. The zero-order valence-corrected chi connectivity index (χ0v) is 11.5. The van der Waals surface area contributed by atoms with Crippen LogP contribution in [0.25, 0.3) is 0 Å². The Kier molecular flexibility index (Phi) is 5.19. The zero-order chi connectivity index (χ0) is 12.8. The van der Waals surface area contributed by atoms with Crippen molar-refractivity contribution < 1.29 is 9.53 Å². The molecule has 3 heteroatoms. The van der Waals surface area contributed by atoms with Crippen molar-refractivity contribution in [3.05, 3.63) is 0 Å². The molecule has 2 N–H and O–H groups in total. The molecule has 18 heavy (non-hydrogen) atoms.